The Morgan fingerprint density at radius 2 is 1.39 bits per heavy atom. The van der Waals surface area contributed by atoms with E-state index in [4.69, 9.17) is 5.73 Å². The van der Waals surface area contributed by atoms with E-state index in [2.05, 4.69) is 12.2 Å². The highest BCUT2D eigenvalue weighted by molar-refractivity contribution is 5.83. The molecule has 0 aliphatic carbocycles. The molecule has 0 aromatic heterocycles. The molecule has 0 spiro atoms. The van der Waals surface area contributed by atoms with Crippen molar-refractivity contribution >= 4 is 18.1 Å². The van der Waals surface area contributed by atoms with Crippen LogP contribution < -0.4 is 11.1 Å². The molecule has 0 saturated heterocycles. The zero-order valence-corrected chi connectivity index (χ0v) is 14.6. The highest BCUT2D eigenvalue weighted by Gasteiger charge is 2.13. The number of hydrogen-bond donors (Lipinski definition) is 2. The summed E-state index contributed by atoms with van der Waals surface area (Å²) >= 11 is 0. The number of rotatable bonds is 16. The third kappa shape index (κ3) is 15.3. The van der Waals surface area contributed by atoms with E-state index in [-0.39, 0.29) is 12.3 Å². The predicted octanol–water partition coefficient (Wildman–Crippen LogP) is 3.25. The summed E-state index contributed by atoms with van der Waals surface area (Å²) in [6.07, 6.45) is 14.4. The molecule has 0 rings (SSSR count). The first-order valence-corrected chi connectivity index (χ1v) is 9.13. The summed E-state index contributed by atoms with van der Waals surface area (Å²) in [6.45, 7) is 2.23. The Labute approximate surface area is 140 Å². The molecule has 0 aromatic carbocycles. The Balaban J connectivity index is 3.41. The van der Waals surface area contributed by atoms with Gasteiger partial charge in [-0.15, -0.1) is 0 Å². The lowest BCUT2D eigenvalue weighted by Gasteiger charge is -2.10. The first kappa shape index (κ1) is 21.6. The van der Waals surface area contributed by atoms with Crippen LogP contribution >= 0.6 is 0 Å². The van der Waals surface area contributed by atoms with Crippen molar-refractivity contribution < 1.29 is 14.4 Å². The van der Waals surface area contributed by atoms with Gasteiger partial charge >= 0.3 is 0 Å². The zero-order valence-electron chi connectivity index (χ0n) is 14.6. The van der Waals surface area contributed by atoms with E-state index in [9.17, 15) is 14.4 Å². The number of unbranched alkanes of at least 4 members (excludes halogenated alkanes) is 10. The highest BCUT2D eigenvalue weighted by atomic mass is 16.2. The third-order valence-electron chi connectivity index (χ3n) is 3.94. The van der Waals surface area contributed by atoms with Crippen molar-refractivity contribution in [2.45, 2.75) is 96.4 Å². The van der Waals surface area contributed by atoms with Crippen LogP contribution in [0.2, 0.25) is 0 Å². The van der Waals surface area contributed by atoms with E-state index >= 15 is 0 Å². The normalized spacial score (nSPS) is 11.9. The number of primary amides is 1. The number of hydrogen-bond acceptors (Lipinski definition) is 3. The van der Waals surface area contributed by atoms with Crippen molar-refractivity contribution in [2.75, 3.05) is 0 Å². The van der Waals surface area contributed by atoms with Gasteiger partial charge in [0.2, 0.25) is 11.8 Å². The second-order valence-electron chi connectivity index (χ2n) is 6.27. The van der Waals surface area contributed by atoms with Crippen LogP contribution in [0.4, 0.5) is 0 Å². The van der Waals surface area contributed by atoms with Gasteiger partial charge in [-0.3, -0.25) is 9.59 Å². The monoisotopic (exact) mass is 326 g/mol. The van der Waals surface area contributed by atoms with Crippen LogP contribution in [0.5, 0.6) is 0 Å². The number of nitrogens with two attached hydrogens (primary N) is 1. The molecule has 134 valence electrons. The van der Waals surface area contributed by atoms with Crippen molar-refractivity contribution in [3.05, 3.63) is 0 Å². The molecule has 5 nitrogen and oxygen atoms in total. The lowest BCUT2D eigenvalue weighted by atomic mass is 10.1. The summed E-state index contributed by atoms with van der Waals surface area (Å²) in [7, 11) is 0. The summed E-state index contributed by atoms with van der Waals surface area (Å²) in [6, 6.07) is -0.785. The number of nitrogens with one attached hydrogen (secondary N) is 1. The summed E-state index contributed by atoms with van der Waals surface area (Å²) in [5.41, 5.74) is 5.01. The molecular formula is C18H34N2O3. The van der Waals surface area contributed by atoms with E-state index in [1.807, 2.05) is 0 Å². The van der Waals surface area contributed by atoms with Gasteiger partial charge < -0.3 is 15.8 Å². The Hall–Kier alpha value is -1.39. The first-order chi connectivity index (χ1) is 11.1. The van der Waals surface area contributed by atoms with Gasteiger partial charge in [0, 0.05) is 6.42 Å². The van der Waals surface area contributed by atoms with Crippen molar-refractivity contribution in [3.8, 4) is 0 Å². The molecule has 0 unspecified atom stereocenters. The first-order valence-electron chi connectivity index (χ1n) is 9.13. The van der Waals surface area contributed by atoms with Gasteiger partial charge in [0.25, 0.3) is 0 Å². The molecule has 0 radical (unpaired) electrons. The smallest absolute Gasteiger partial charge is 0.220 e. The molecule has 0 bridgehead atoms. The molecule has 2 amide bonds. The van der Waals surface area contributed by atoms with Crippen LogP contribution in [0.3, 0.4) is 0 Å². The standard InChI is InChI=1S/C18H34N2O3/c1-2-3-4-5-6-7-8-9-10-11-12-13-18(23)20-16(15-21)14-17(19)22/h15-16H,2-14H2,1H3,(H2,19,22)(H,20,23)/t16-/m1/s1. The minimum Gasteiger partial charge on any atom is -0.370 e. The molecule has 0 aliphatic rings. The fourth-order valence-electron chi connectivity index (χ4n) is 2.58. The summed E-state index contributed by atoms with van der Waals surface area (Å²) < 4.78 is 0. The minimum atomic E-state index is -0.785. The molecule has 0 saturated carbocycles. The van der Waals surface area contributed by atoms with E-state index in [1.54, 1.807) is 0 Å². The van der Waals surface area contributed by atoms with Crippen LogP contribution in [0.15, 0.2) is 0 Å². The van der Waals surface area contributed by atoms with Crippen LogP contribution in [-0.4, -0.2) is 24.1 Å². The van der Waals surface area contributed by atoms with Gasteiger partial charge in [-0.25, -0.2) is 0 Å². The van der Waals surface area contributed by atoms with Crippen molar-refractivity contribution in [3.63, 3.8) is 0 Å². The number of aldehydes is 1. The van der Waals surface area contributed by atoms with Crippen molar-refractivity contribution in [2.24, 2.45) is 5.73 Å². The van der Waals surface area contributed by atoms with E-state index in [0.717, 1.165) is 19.3 Å². The third-order valence-corrected chi connectivity index (χ3v) is 3.94. The van der Waals surface area contributed by atoms with Gasteiger partial charge in [0.15, 0.2) is 0 Å². The van der Waals surface area contributed by atoms with Crippen molar-refractivity contribution in [1.82, 2.24) is 5.32 Å². The Morgan fingerprint density at radius 3 is 1.83 bits per heavy atom. The second-order valence-corrected chi connectivity index (χ2v) is 6.27. The van der Waals surface area contributed by atoms with E-state index in [0.29, 0.717) is 12.7 Å². The largest absolute Gasteiger partial charge is 0.370 e. The van der Waals surface area contributed by atoms with Crippen LogP contribution in [0.25, 0.3) is 0 Å². The Bertz CT molecular complexity index is 332. The summed E-state index contributed by atoms with van der Waals surface area (Å²) in [5, 5.41) is 2.53. The van der Waals surface area contributed by atoms with Gasteiger partial charge in [-0.1, -0.05) is 71.1 Å². The predicted molar refractivity (Wildman–Crippen MR) is 92.9 cm³/mol. The molecule has 3 N–H and O–H groups in total. The van der Waals surface area contributed by atoms with E-state index < -0.39 is 11.9 Å². The lowest BCUT2D eigenvalue weighted by molar-refractivity contribution is -0.125. The van der Waals surface area contributed by atoms with Crippen LogP contribution in [0, 0.1) is 0 Å². The Kier molecular flexibility index (Phi) is 14.6. The molecule has 0 fully saturated rings. The van der Waals surface area contributed by atoms with Gasteiger partial charge in [0.1, 0.15) is 6.29 Å². The summed E-state index contributed by atoms with van der Waals surface area (Å²) in [5.74, 6) is -0.767. The molecule has 5 heteroatoms. The second kappa shape index (κ2) is 15.5. The molecule has 0 aliphatic heterocycles. The number of carbonyl (C=O) groups excluding carboxylic acids is 3. The fourth-order valence-corrected chi connectivity index (χ4v) is 2.58. The molecule has 0 aromatic rings. The minimum absolute atomic E-state index is 0.131. The average Bonchev–Trinajstić information content (AvgIpc) is 2.51. The quantitative estimate of drug-likeness (QED) is 0.337. The maximum atomic E-state index is 11.6. The van der Waals surface area contributed by atoms with Gasteiger partial charge in [-0.05, 0) is 6.42 Å². The number of amides is 2. The van der Waals surface area contributed by atoms with Gasteiger partial charge in [-0.2, -0.15) is 0 Å². The maximum Gasteiger partial charge on any atom is 0.220 e. The number of carbonyl (C=O) groups is 3. The van der Waals surface area contributed by atoms with Crippen molar-refractivity contribution in [1.29, 1.82) is 0 Å². The van der Waals surface area contributed by atoms with Gasteiger partial charge in [0.05, 0.1) is 12.5 Å². The molecule has 0 heterocycles. The maximum absolute atomic E-state index is 11.6. The lowest BCUT2D eigenvalue weighted by Crippen LogP contribution is -2.38. The SMILES string of the molecule is CCCCCCCCCCCCCC(=O)N[C@@H](C=O)CC(N)=O. The molecule has 23 heavy (non-hydrogen) atoms. The molecular weight excluding hydrogens is 292 g/mol. The highest BCUT2D eigenvalue weighted by Crippen LogP contribution is 2.11. The molecule has 1 atom stereocenters. The van der Waals surface area contributed by atoms with Crippen LogP contribution in [-0.2, 0) is 14.4 Å². The van der Waals surface area contributed by atoms with Crippen LogP contribution in [0.1, 0.15) is 90.4 Å². The Morgan fingerprint density at radius 1 is 0.913 bits per heavy atom. The fraction of sp³-hybridized carbons (Fsp3) is 0.833. The summed E-state index contributed by atoms with van der Waals surface area (Å²) in [4.78, 5) is 33.1. The average molecular weight is 326 g/mol. The zero-order chi connectivity index (χ0) is 17.3. The topological polar surface area (TPSA) is 89.3 Å². The van der Waals surface area contributed by atoms with E-state index in [1.165, 1.54) is 51.4 Å².